The van der Waals surface area contributed by atoms with Crippen molar-refractivity contribution in [3.63, 3.8) is 0 Å². The Morgan fingerprint density at radius 1 is 0.889 bits per heavy atom. The van der Waals surface area contributed by atoms with Crippen molar-refractivity contribution in [1.82, 2.24) is 0 Å². The zero-order valence-electron chi connectivity index (χ0n) is 9.52. The fraction of sp³-hybridized carbons (Fsp3) is 0.556. The van der Waals surface area contributed by atoms with E-state index < -0.39 is 11.9 Å². The van der Waals surface area contributed by atoms with Gasteiger partial charge in [0.05, 0.1) is 13.2 Å². The van der Waals surface area contributed by atoms with Crippen LogP contribution in [-0.2, 0) is 23.8 Å². The highest BCUT2D eigenvalue weighted by atomic mass is 16.6. The van der Waals surface area contributed by atoms with Gasteiger partial charge < -0.3 is 25.3 Å². The maximum atomic E-state index is 10.7. The molecule has 9 nitrogen and oxygen atoms in total. The largest absolute Gasteiger partial charge is 0.457 e. The lowest BCUT2D eigenvalue weighted by Crippen LogP contribution is -2.13. The maximum absolute atomic E-state index is 10.7. The standard InChI is InChI=1S/C9H12N4O5/c10-12-6-8(14)17-3-1-2-16-4-5-18-9(15)7-13-11/h6-7H,1-5H2. The summed E-state index contributed by atoms with van der Waals surface area (Å²) in [6, 6.07) is 0. The van der Waals surface area contributed by atoms with Gasteiger partial charge in [-0.1, -0.05) is 0 Å². The van der Waals surface area contributed by atoms with Crippen LogP contribution in [0.3, 0.4) is 0 Å². The van der Waals surface area contributed by atoms with Crippen molar-refractivity contribution in [2.45, 2.75) is 6.42 Å². The molecule has 0 radical (unpaired) electrons. The topological polar surface area (TPSA) is 135 Å². The van der Waals surface area contributed by atoms with E-state index in [1.807, 2.05) is 0 Å². The lowest BCUT2D eigenvalue weighted by atomic mass is 10.5. The van der Waals surface area contributed by atoms with E-state index in [9.17, 15) is 9.59 Å². The van der Waals surface area contributed by atoms with Gasteiger partial charge in [0.1, 0.15) is 6.61 Å². The lowest BCUT2D eigenvalue weighted by molar-refractivity contribution is -0.141. The Bertz CT molecular complexity index is 335. The summed E-state index contributed by atoms with van der Waals surface area (Å²) in [6.45, 7) is 0.649. The van der Waals surface area contributed by atoms with Crippen molar-refractivity contribution in [3.05, 3.63) is 11.1 Å². The van der Waals surface area contributed by atoms with E-state index in [-0.39, 0.29) is 19.8 Å². The van der Waals surface area contributed by atoms with Gasteiger partial charge in [0.25, 0.3) is 0 Å². The van der Waals surface area contributed by atoms with Crippen LogP contribution in [0.15, 0.2) is 0 Å². The van der Waals surface area contributed by atoms with Crippen LogP contribution in [0, 0.1) is 0 Å². The molecule has 0 aliphatic heterocycles. The van der Waals surface area contributed by atoms with E-state index in [4.69, 9.17) is 15.8 Å². The number of carbonyl (C=O) groups excluding carboxylic acids is 2. The Kier molecular flexibility index (Phi) is 9.70. The highest BCUT2D eigenvalue weighted by Crippen LogP contribution is 1.86. The zero-order valence-corrected chi connectivity index (χ0v) is 9.52. The van der Waals surface area contributed by atoms with Gasteiger partial charge in [0.15, 0.2) is 0 Å². The third-order valence-electron chi connectivity index (χ3n) is 1.48. The minimum Gasteiger partial charge on any atom is -0.457 e. The molecule has 18 heavy (non-hydrogen) atoms. The molecule has 0 aliphatic rings. The summed E-state index contributed by atoms with van der Waals surface area (Å²) in [5.41, 5.74) is 16.0. The number of carbonyl (C=O) groups is 2. The van der Waals surface area contributed by atoms with Crippen LogP contribution in [0.1, 0.15) is 6.42 Å². The van der Waals surface area contributed by atoms with E-state index in [1.54, 1.807) is 0 Å². The van der Waals surface area contributed by atoms with Crippen molar-refractivity contribution in [2.75, 3.05) is 26.4 Å². The second-order valence-corrected chi connectivity index (χ2v) is 2.79. The van der Waals surface area contributed by atoms with E-state index >= 15 is 0 Å². The summed E-state index contributed by atoms with van der Waals surface area (Å²) in [4.78, 5) is 26.3. The van der Waals surface area contributed by atoms with E-state index in [0.717, 1.165) is 0 Å². The molecule has 0 amide bonds. The van der Waals surface area contributed by atoms with Crippen molar-refractivity contribution in [2.24, 2.45) is 0 Å². The lowest BCUT2D eigenvalue weighted by Gasteiger charge is -2.03. The highest BCUT2D eigenvalue weighted by molar-refractivity contribution is 6.20. The van der Waals surface area contributed by atoms with E-state index in [0.29, 0.717) is 25.5 Å². The highest BCUT2D eigenvalue weighted by Gasteiger charge is 2.03. The van der Waals surface area contributed by atoms with Crippen molar-refractivity contribution in [1.29, 1.82) is 0 Å². The molecule has 0 fully saturated rings. The molecule has 0 aromatic carbocycles. The Balaban J connectivity index is 3.31. The van der Waals surface area contributed by atoms with Gasteiger partial charge in [-0.25, -0.2) is 9.59 Å². The molecule has 0 N–H and O–H groups in total. The zero-order chi connectivity index (χ0) is 13.6. The molecular formula is C9H12N4O5. The van der Waals surface area contributed by atoms with Crippen molar-refractivity contribution in [3.8, 4) is 0 Å². The monoisotopic (exact) mass is 256 g/mol. The molecule has 0 aromatic heterocycles. The van der Waals surface area contributed by atoms with E-state index in [1.165, 1.54) is 0 Å². The summed E-state index contributed by atoms with van der Waals surface area (Å²) in [6.07, 6.45) is 1.72. The first-order valence-corrected chi connectivity index (χ1v) is 4.96. The second-order valence-electron chi connectivity index (χ2n) is 2.79. The first kappa shape index (κ1) is 15.7. The van der Waals surface area contributed by atoms with Crippen LogP contribution in [0.2, 0.25) is 0 Å². The molecule has 0 aliphatic carbocycles. The normalized spacial score (nSPS) is 8.67. The number of ether oxygens (including phenoxy) is 3. The molecule has 0 bridgehead atoms. The van der Waals surface area contributed by atoms with Gasteiger partial charge in [-0.15, -0.1) is 0 Å². The summed E-state index contributed by atoms with van der Waals surface area (Å²) in [5, 5.41) is 0. The smallest absolute Gasteiger partial charge is 0.413 e. The van der Waals surface area contributed by atoms with Crippen molar-refractivity contribution < 1.29 is 33.4 Å². The second kappa shape index (κ2) is 11.2. The summed E-state index contributed by atoms with van der Waals surface area (Å²) < 4.78 is 14.2. The number of esters is 2. The third kappa shape index (κ3) is 10.2. The van der Waals surface area contributed by atoms with Crippen LogP contribution in [0.5, 0.6) is 0 Å². The van der Waals surface area contributed by atoms with Gasteiger partial charge in [0, 0.05) is 13.0 Å². The Morgan fingerprint density at radius 2 is 1.44 bits per heavy atom. The number of hydrogen-bond donors (Lipinski definition) is 0. The quantitative estimate of drug-likeness (QED) is 0.173. The Labute approximate surface area is 102 Å². The average molecular weight is 256 g/mol. The summed E-state index contributed by atoms with van der Waals surface area (Å²) >= 11 is 0. The number of nitrogens with zero attached hydrogens (tertiary/aromatic N) is 4. The van der Waals surface area contributed by atoms with E-state index in [2.05, 4.69) is 19.1 Å². The van der Waals surface area contributed by atoms with Crippen molar-refractivity contribution >= 4 is 24.4 Å². The van der Waals surface area contributed by atoms with Crippen LogP contribution in [0.4, 0.5) is 0 Å². The minimum atomic E-state index is -0.765. The molecule has 0 saturated carbocycles. The molecule has 98 valence electrons. The molecule has 0 rings (SSSR count). The molecule has 0 atom stereocenters. The maximum Gasteiger partial charge on any atom is 0.413 e. The predicted molar refractivity (Wildman–Crippen MR) is 56.7 cm³/mol. The molecule has 0 saturated heterocycles. The first-order valence-electron chi connectivity index (χ1n) is 4.96. The van der Waals surface area contributed by atoms with Crippen LogP contribution in [-0.4, -0.2) is 60.4 Å². The first-order chi connectivity index (χ1) is 8.70. The fourth-order valence-electron chi connectivity index (χ4n) is 0.806. The molecule has 0 heterocycles. The van der Waals surface area contributed by atoms with Gasteiger partial charge in [-0.2, -0.15) is 9.58 Å². The molecular weight excluding hydrogens is 244 g/mol. The number of hydrogen-bond acceptors (Lipinski definition) is 5. The van der Waals surface area contributed by atoms with Gasteiger partial charge >= 0.3 is 24.4 Å². The van der Waals surface area contributed by atoms with Crippen LogP contribution < -0.4 is 0 Å². The third-order valence-corrected chi connectivity index (χ3v) is 1.48. The Hall–Kier alpha value is -2.34. The SMILES string of the molecule is [N-]=[N+]=CC(=O)OCCCOCCOC(=O)C=[N+]=[N-]. The molecule has 0 aromatic rings. The number of rotatable bonds is 9. The van der Waals surface area contributed by atoms with Crippen LogP contribution in [0.25, 0.3) is 11.1 Å². The fourth-order valence-corrected chi connectivity index (χ4v) is 0.806. The minimum absolute atomic E-state index is 0.0296. The van der Waals surface area contributed by atoms with Gasteiger partial charge in [-0.3, -0.25) is 0 Å². The average Bonchev–Trinajstić information content (AvgIpc) is 2.33. The molecule has 0 spiro atoms. The van der Waals surface area contributed by atoms with Gasteiger partial charge in [-0.05, 0) is 0 Å². The Morgan fingerprint density at radius 3 is 2.00 bits per heavy atom. The van der Waals surface area contributed by atoms with Gasteiger partial charge in [0.2, 0.25) is 0 Å². The molecule has 9 heteroatoms. The predicted octanol–water partition coefficient (Wildman–Crippen LogP) is -0.919. The summed E-state index contributed by atoms with van der Waals surface area (Å²) in [7, 11) is 0. The van der Waals surface area contributed by atoms with Crippen LogP contribution >= 0.6 is 0 Å². The molecule has 0 unspecified atom stereocenters. The summed E-state index contributed by atoms with van der Waals surface area (Å²) in [5.74, 6) is -1.51.